The molecule has 0 aliphatic heterocycles. The molecule has 0 amide bonds. The molecule has 1 rings (SSSR count). The standard InChI is InChI=1S/C4H8N4S/c1-9-2-3-6-4(5)8-7-3/h2H2,1H3,(H3,5,6,7,8). The van der Waals surface area contributed by atoms with E-state index in [4.69, 9.17) is 5.73 Å². The lowest BCUT2D eigenvalue weighted by atomic mass is 10.7. The van der Waals surface area contributed by atoms with Gasteiger partial charge in [0.1, 0.15) is 0 Å². The zero-order valence-electron chi connectivity index (χ0n) is 5.09. The molecule has 1 aromatic rings. The molecule has 0 saturated heterocycles. The van der Waals surface area contributed by atoms with E-state index in [0.29, 0.717) is 5.95 Å². The average Bonchev–Trinajstić information content (AvgIpc) is 2.17. The van der Waals surface area contributed by atoms with E-state index >= 15 is 0 Å². The first-order chi connectivity index (χ1) is 4.33. The lowest BCUT2D eigenvalue weighted by molar-refractivity contribution is 1.03. The summed E-state index contributed by atoms with van der Waals surface area (Å²) in [5.74, 6) is 1.97. The summed E-state index contributed by atoms with van der Waals surface area (Å²) < 4.78 is 0. The Labute approximate surface area is 57.2 Å². The predicted octanol–water partition coefficient (Wildman–Crippen LogP) is 0.250. The van der Waals surface area contributed by atoms with Crippen molar-refractivity contribution in [3.63, 3.8) is 0 Å². The quantitative estimate of drug-likeness (QED) is 0.624. The van der Waals surface area contributed by atoms with Gasteiger partial charge in [-0.3, -0.25) is 0 Å². The maximum Gasteiger partial charge on any atom is 0.216 e. The Bertz CT molecular complexity index is 184. The zero-order chi connectivity index (χ0) is 6.69. The Kier molecular flexibility index (Phi) is 1.94. The predicted molar refractivity (Wildman–Crippen MR) is 38.0 cm³/mol. The highest BCUT2D eigenvalue weighted by atomic mass is 32.2. The SMILES string of the molecule is CSCc1n[nH]c(N)n1. The molecule has 0 aliphatic rings. The fourth-order valence-corrected chi connectivity index (χ4v) is 0.892. The molecular formula is C4H8N4S. The summed E-state index contributed by atoms with van der Waals surface area (Å²) in [5, 5.41) is 6.38. The number of nitrogens with zero attached hydrogens (tertiary/aromatic N) is 2. The van der Waals surface area contributed by atoms with Crippen molar-refractivity contribution in [3.8, 4) is 0 Å². The van der Waals surface area contributed by atoms with Crippen LogP contribution in [-0.4, -0.2) is 21.4 Å². The highest BCUT2D eigenvalue weighted by molar-refractivity contribution is 7.97. The minimum Gasteiger partial charge on any atom is -0.368 e. The van der Waals surface area contributed by atoms with Crippen LogP contribution in [0, 0.1) is 0 Å². The molecule has 0 fully saturated rings. The number of hydrogen-bond donors (Lipinski definition) is 2. The minimum absolute atomic E-state index is 0.388. The smallest absolute Gasteiger partial charge is 0.216 e. The summed E-state index contributed by atoms with van der Waals surface area (Å²) in [5.41, 5.74) is 5.27. The van der Waals surface area contributed by atoms with Crippen molar-refractivity contribution in [2.45, 2.75) is 5.75 Å². The molecule has 0 bridgehead atoms. The van der Waals surface area contributed by atoms with Gasteiger partial charge in [0.15, 0.2) is 5.82 Å². The van der Waals surface area contributed by atoms with E-state index in [2.05, 4.69) is 15.2 Å². The summed E-state index contributed by atoms with van der Waals surface area (Å²) in [6, 6.07) is 0. The highest BCUT2D eigenvalue weighted by Gasteiger charge is 1.95. The van der Waals surface area contributed by atoms with Crippen molar-refractivity contribution >= 4 is 17.7 Å². The molecule has 0 spiro atoms. The Morgan fingerprint density at radius 3 is 3.00 bits per heavy atom. The first-order valence-electron chi connectivity index (χ1n) is 2.48. The number of nitrogens with two attached hydrogens (primary N) is 1. The fraction of sp³-hybridized carbons (Fsp3) is 0.500. The Morgan fingerprint density at radius 1 is 1.78 bits per heavy atom. The number of thioether (sulfide) groups is 1. The molecule has 5 heteroatoms. The molecule has 0 aromatic carbocycles. The maximum absolute atomic E-state index is 5.27. The summed E-state index contributed by atoms with van der Waals surface area (Å²) >= 11 is 1.67. The highest BCUT2D eigenvalue weighted by Crippen LogP contribution is 2.02. The number of hydrogen-bond acceptors (Lipinski definition) is 4. The van der Waals surface area contributed by atoms with Crippen LogP contribution in [0.15, 0.2) is 0 Å². The van der Waals surface area contributed by atoms with E-state index in [0.717, 1.165) is 11.6 Å². The van der Waals surface area contributed by atoms with E-state index < -0.39 is 0 Å². The van der Waals surface area contributed by atoms with Gasteiger partial charge in [-0.15, -0.1) is 0 Å². The van der Waals surface area contributed by atoms with Crippen LogP contribution < -0.4 is 5.73 Å². The van der Waals surface area contributed by atoms with E-state index in [9.17, 15) is 0 Å². The third-order valence-corrected chi connectivity index (χ3v) is 1.37. The number of nitrogens with one attached hydrogen (secondary N) is 1. The largest absolute Gasteiger partial charge is 0.368 e. The van der Waals surface area contributed by atoms with Gasteiger partial charge in [0.25, 0.3) is 0 Å². The van der Waals surface area contributed by atoms with E-state index in [1.165, 1.54) is 0 Å². The molecular weight excluding hydrogens is 136 g/mol. The lowest BCUT2D eigenvalue weighted by Gasteiger charge is -1.83. The molecule has 0 unspecified atom stereocenters. The van der Waals surface area contributed by atoms with Gasteiger partial charge in [-0.2, -0.15) is 21.8 Å². The van der Waals surface area contributed by atoms with Crippen LogP contribution in [0.1, 0.15) is 5.82 Å². The van der Waals surface area contributed by atoms with E-state index in [1.54, 1.807) is 11.8 Å². The van der Waals surface area contributed by atoms with Crippen LogP contribution >= 0.6 is 11.8 Å². The molecule has 1 aromatic heterocycles. The van der Waals surface area contributed by atoms with Gasteiger partial charge in [-0.25, -0.2) is 5.10 Å². The maximum atomic E-state index is 5.27. The van der Waals surface area contributed by atoms with Crippen molar-refractivity contribution in [1.82, 2.24) is 15.2 Å². The van der Waals surface area contributed by atoms with Gasteiger partial charge in [-0.05, 0) is 6.26 Å². The van der Waals surface area contributed by atoms with Crippen LogP contribution in [0.4, 0.5) is 5.95 Å². The first-order valence-corrected chi connectivity index (χ1v) is 3.88. The van der Waals surface area contributed by atoms with Crippen molar-refractivity contribution < 1.29 is 0 Å². The summed E-state index contributed by atoms with van der Waals surface area (Å²) in [6.07, 6.45) is 1.99. The van der Waals surface area contributed by atoms with Gasteiger partial charge in [0.2, 0.25) is 5.95 Å². The number of H-pyrrole nitrogens is 1. The monoisotopic (exact) mass is 144 g/mol. The number of nitrogen functional groups attached to an aromatic ring is 1. The number of aromatic amines is 1. The van der Waals surface area contributed by atoms with Gasteiger partial charge >= 0.3 is 0 Å². The third kappa shape index (κ3) is 1.60. The second-order valence-corrected chi connectivity index (χ2v) is 2.44. The van der Waals surface area contributed by atoms with E-state index in [1.807, 2.05) is 6.26 Å². The molecule has 0 aliphatic carbocycles. The Hall–Kier alpha value is -0.710. The van der Waals surface area contributed by atoms with Crippen molar-refractivity contribution in [1.29, 1.82) is 0 Å². The van der Waals surface area contributed by atoms with E-state index in [-0.39, 0.29) is 0 Å². The van der Waals surface area contributed by atoms with Crippen molar-refractivity contribution in [2.24, 2.45) is 0 Å². The fourth-order valence-electron chi connectivity index (χ4n) is 0.504. The molecule has 0 saturated carbocycles. The molecule has 9 heavy (non-hydrogen) atoms. The van der Waals surface area contributed by atoms with Crippen LogP contribution in [0.3, 0.4) is 0 Å². The lowest BCUT2D eigenvalue weighted by Crippen LogP contribution is -1.86. The van der Waals surface area contributed by atoms with Crippen molar-refractivity contribution in [3.05, 3.63) is 5.82 Å². The minimum atomic E-state index is 0.388. The molecule has 0 atom stereocenters. The van der Waals surface area contributed by atoms with Gasteiger partial charge in [0.05, 0.1) is 5.75 Å². The normalized spacial score (nSPS) is 9.89. The van der Waals surface area contributed by atoms with Gasteiger partial charge in [-0.1, -0.05) is 0 Å². The number of anilines is 1. The molecule has 0 radical (unpaired) electrons. The molecule has 50 valence electrons. The second-order valence-electron chi connectivity index (χ2n) is 1.57. The topological polar surface area (TPSA) is 67.6 Å². The van der Waals surface area contributed by atoms with Crippen LogP contribution in [0.25, 0.3) is 0 Å². The first kappa shape index (κ1) is 6.41. The third-order valence-electron chi connectivity index (χ3n) is 0.822. The van der Waals surface area contributed by atoms with Crippen LogP contribution in [-0.2, 0) is 5.75 Å². The molecule has 3 N–H and O–H groups in total. The number of rotatable bonds is 2. The summed E-state index contributed by atoms with van der Waals surface area (Å²) in [6.45, 7) is 0. The van der Waals surface area contributed by atoms with Crippen molar-refractivity contribution in [2.75, 3.05) is 12.0 Å². The summed E-state index contributed by atoms with van der Waals surface area (Å²) in [7, 11) is 0. The van der Waals surface area contributed by atoms with Gasteiger partial charge in [0, 0.05) is 0 Å². The zero-order valence-corrected chi connectivity index (χ0v) is 5.90. The Morgan fingerprint density at radius 2 is 2.56 bits per heavy atom. The van der Waals surface area contributed by atoms with Crippen LogP contribution in [0.5, 0.6) is 0 Å². The average molecular weight is 144 g/mol. The summed E-state index contributed by atoms with van der Waals surface area (Å²) in [4.78, 5) is 3.89. The molecule has 4 nitrogen and oxygen atoms in total. The Balaban J connectivity index is 2.61. The number of aromatic nitrogens is 3. The molecule has 1 heterocycles. The van der Waals surface area contributed by atoms with Gasteiger partial charge < -0.3 is 5.73 Å². The van der Waals surface area contributed by atoms with Crippen LogP contribution in [0.2, 0.25) is 0 Å². The second kappa shape index (κ2) is 2.72.